The van der Waals surface area contributed by atoms with E-state index in [0.29, 0.717) is 11.6 Å². The summed E-state index contributed by atoms with van der Waals surface area (Å²) in [6.45, 7) is 4.84. The van der Waals surface area contributed by atoms with Crippen LogP contribution in [0, 0.1) is 5.92 Å². The second-order valence-electron chi connectivity index (χ2n) is 8.58. The number of hydrogen-bond acceptors (Lipinski definition) is 5. The smallest absolute Gasteiger partial charge is 0.253 e. The summed E-state index contributed by atoms with van der Waals surface area (Å²) in [6, 6.07) is 12.0. The maximum Gasteiger partial charge on any atom is 0.253 e. The van der Waals surface area contributed by atoms with Gasteiger partial charge in [-0.05, 0) is 67.6 Å². The van der Waals surface area contributed by atoms with Crippen LogP contribution in [0.4, 0.5) is 0 Å². The number of hydrogen-bond donors (Lipinski definition) is 0. The van der Waals surface area contributed by atoms with E-state index in [-0.39, 0.29) is 5.56 Å². The standard InChI is InChI=1S/C25H28N4O2/c30-25-15-23(22-2-1-9-26-16-22)27-18-29(25)17-20-6-11-28(12-7-20)10-5-19-3-4-24-21(14-19)8-13-31-24/h1-4,9,14-16,18,20H,5-8,10-13,17H2. The van der Waals surface area contributed by atoms with Crippen LogP contribution >= 0.6 is 0 Å². The van der Waals surface area contributed by atoms with Crippen molar-refractivity contribution in [2.75, 3.05) is 26.2 Å². The average molecular weight is 417 g/mol. The van der Waals surface area contributed by atoms with E-state index in [0.717, 1.165) is 69.8 Å². The van der Waals surface area contributed by atoms with Crippen LogP contribution in [0.15, 0.2) is 59.9 Å². The molecule has 160 valence electrons. The first kappa shape index (κ1) is 19.9. The van der Waals surface area contributed by atoms with Crippen LogP contribution in [-0.2, 0) is 19.4 Å². The number of likely N-dealkylation sites (tertiary alicyclic amines) is 1. The van der Waals surface area contributed by atoms with Crippen molar-refractivity contribution in [2.45, 2.75) is 32.2 Å². The monoisotopic (exact) mass is 416 g/mol. The van der Waals surface area contributed by atoms with E-state index < -0.39 is 0 Å². The van der Waals surface area contributed by atoms with Crippen molar-refractivity contribution in [1.82, 2.24) is 19.4 Å². The summed E-state index contributed by atoms with van der Waals surface area (Å²) >= 11 is 0. The van der Waals surface area contributed by atoms with Crippen LogP contribution in [-0.4, -0.2) is 45.7 Å². The Hall–Kier alpha value is -2.99. The number of nitrogens with zero attached hydrogens (tertiary/aromatic N) is 4. The van der Waals surface area contributed by atoms with Crippen molar-refractivity contribution in [3.8, 4) is 17.0 Å². The molecule has 0 saturated carbocycles. The van der Waals surface area contributed by atoms with Gasteiger partial charge in [0.15, 0.2) is 0 Å². The Labute approximate surface area is 182 Å². The second kappa shape index (κ2) is 9.02. The zero-order valence-corrected chi connectivity index (χ0v) is 17.7. The van der Waals surface area contributed by atoms with Gasteiger partial charge in [-0.25, -0.2) is 4.98 Å². The lowest BCUT2D eigenvalue weighted by atomic mass is 9.96. The molecule has 1 fully saturated rings. The third-order valence-electron chi connectivity index (χ3n) is 6.47. The van der Waals surface area contributed by atoms with E-state index in [1.807, 2.05) is 12.1 Å². The number of pyridine rings is 1. The first-order chi connectivity index (χ1) is 15.2. The number of ether oxygens (including phenoxy) is 1. The average Bonchev–Trinajstić information content (AvgIpc) is 3.28. The van der Waals surface area contributed by atoms with Gasteiger partial charge in [-0.2, -0.15) is 0 Å². The molecular formula is C25H28N4O2. The number of rotatable bonds is 6. The van der Waals surface area contributed by atoms with Gasteiger partial charge in [-0.15, -0.1) is 0 Å². The Balaban J connectivity index is 1.12. The predicted octanol–water partition coefficient (Wildman–Crippen LogP) is 3.19. The third kappa shape index (κ3) is 4.69. The molecule has 0 bridgehead atoms. The molecule has 2 aromatic heterocycles. The molecule has 5 rings (SSSR count). The normalized spacial score (nSPS) is 16.8. The molecule has 3 aromatic rings. The minimum absolute atomic E-state index is 0.0110. The lowest BCUT2D eigenvalue weighted by Crippen LogP contribution is -2.37. The van der Waals surface area contributed by atoms with E-state index in [1.165, 1.54) is 11.1 Å². The van der Waals surface area contributed by atoms with E-state index >= 15 is 0 Å². The highest BCUT2D eigenvalue weighted by atomic mass is 16.5. The van der Waals surface area contributed by atoms with E-state index in [4.69, 9.17) is 4.74 Å². The van der Waals surface area contributed by atoms with Crippen molar-refractivity contribution in [2.24, 2.45) is 5.92 Å². The molecule has 0 unspecified atom stereocenters. The molecule has 0 N–H and O–H groups in total. The first-order valence-electron chi connectivity index (χ1n) is 11.2. The van der Waals surface area contributed by atoms with Crippen molar-refractivity contribution >= 4 is 0 Å². The van der Waals surface area contributed by atoms with Gasteiger partial charge in [-0.3, -0.25) is 14.3 Å². The first-order valence-corrected chi connectivity index (χ1v) is 11.2. The van der Waals surface area contributed by atoms with Gasteiger partial charge in [0.05, 0.1) is 18.6 Å². The number of aromatic nitrogens is 3. The fourth-order valence-corrected chi connectivity index (χ4v) is 4.59. The van der Waals surface area contributed by atoms with Crippen LogP contribution in [0.2, 0.25) is 0 Å². The molecule has 6 heteroatoms. The number of benzene rings is 1. The fourth-order valence-electron chi connectivity index (χ4n) is 4.59. The molecule has 0 spiro atoms. The minimum Gasteiger partial charge on any atom is -0.493 e. The van der Waals surface area contributed by atoms with Crippen LogP contribution in [0.3, 0.4) is 0 Å². The van der Waals surface area contributed by atoms with Gasteiger partial charge in [-0.1, -0.05) is 12.1 Å². The maximum atomic E-state index is 12.6. The summed E-state index contributed by atoms with van der Waals surface area (Å²) < 4.78 is 7.36. The highest BCUT2D eigenvalue weighted by Gasteiger charge is 2.20. The molecule has 6 nitrogen and oxygen atoms in total. The molecule has 2 aliphatic rings. The molecule has 0 aliphatic carbocycles. The molecule has 0 atom stereocenters. The highest BCUT2D eigenvalue weighted by molar-refractivity contribution is 5.56. The topological polar surface area (TPSA) is 60.2 Å². The second-order valence-corrected chi connectivity index (χ2v) is 8.58. The molecule has 1 aromatic carbocycles. The van der Waals surface area contributed by atoms with Crippen molar-refractivity contribution < 1.29 is 4.74 Å². The summed E-state index contributed by atoms with van der Waals surface area (Å²) in [5.74, 6) is 1.58. The summed E-state index contributed by atoms with van der Waals surface area (Å²) in [4.78, 5) is 23.7. The minimum atomic E-state index is 0.0110. The van der Waals surface area contributed by atoms with E-state index in [2.05, 4.69) is 33.1 Å². The summed E-state index contributed by atoms with van der Waals surface area (Å²) in [5, 5.41) is 0. The molecular weight excluding hydrogens is 388 g/mol. The van der Waals surface area contributed by atoms with Crippen molar-refractivity contribution in [3.05, 3.63) is 76.6 Å². The van der Waals surface area contributed by atoms with Gasteiger partial charge in [0.2, 0.25) is 0 Å². The van der Waals surface area contributed by atoms with Gasteiger partial charge in [0.1, 0.15) is 5.75 Å². The predicted molar refractivity (Wildman–Crippen MR) is 120 cm³/mol. The zero-order valence-electron chi connectivity index (χ0n) is 17.7. The van der Waals surface area contributed by atoms with Crippen LogP contribution in [0.5, 0.6) is 5.75 Å². The van der Waals surface area contributed by atoms with E-state index in [9.17, 15) is 4.79 Å². The largest absolute Gasteiger partial charge is 0.493 e. The molecule has 0 radical (unpaired) electrons. The number of fused-ring (bicyclic) bond motifs is 1. The van der Waals surface area contributed by atoms with Gasteiger partial charge >= 0.3 is 0 Å². The highest BCUT2D eigenvalue weighted by Crippen LogP contribution is 2.26. The Bertz CT molecular complexity index is 1090. The fraction of sp³-hybridized carbons (Fsp3) is 0.400. The van der Waals surface area contributed by atoms with Crippen LogP contribution in [0.1, 0.15) is 24.0 Å². The van der Waals surface area contributed by atoms with Crippen molar-refractivity contribution in [3.63, 3.8) is 0 Å². The van der Waals surface area contributed by atoms with Gasteiger partial charge < -0.3 is 9.64 Å². The zero-order chi connectivity index (χ0) is 21.0. The third-order valence-corrected chi connectivity index (χ3v) is 6.47. The van der Waals surface area contributed by atoms with Gasteiger partial charge in [0, 0.05) is 43.5 Å². The Kier molecular flexibility index (Phi) is 5.80. The van der Waals surface area contributed by atoms with E-state index in [1.54, 1.807) is 29.4 Å². The van der Waals surface area contributed by atoms with Crippen LogP contribution in [0.25, 0.3) is 11.3 Å². The molecule has 0 amide bonds. The molecule has 2 aliphatic heterocycles. The summed E-state index contributed by atoms with van der Waals surface area (Å²) in [6.07, 6.45) is 9.50. The lowest BCUT2D eigenvalue weighted by Gasteiger charge is -2.32. The van der Waals surface area contributed by atoms with Crippen LogP contribution < -0.4 is 10.3 Å². The summed E-state index contributed by atoms with van der Waals surface area (Å²) in [5.41, 5.74) is 4.32. The van der Waals surface area contributed by atoms with Gasteiger partial charge in [0.25, 0.3) is 5.56 Å². The Morgan fingerprint density at radius 2 is 2.03 bits per heavy atom. The number of piperidine rings is 1. The maximum absolute atomic E-state index is 12.6. The summed E-state index contributed by atoms with van der Waals surface area (Å²) in [7, 11) is 0. The molecule has 31 heavy (non-hydrogen) atoms. The SMILES string of the molecule is O=c1cc(-c2cccnc2)ncn1CC1CCN(CCc2ccc3c(c2)CCO3)CC1. The molecule has 4 heterocycles. The van der Waals surface area contributed by atoms with Crippen molar-refractivity contribution in [1.29, 1.82) is 0 Å². The quantitative estimate of drug-likeness (QED) is 0.618. The Morgan fingerprint density at radius 3 is 2.84 bits per heavy atom. The Morgan fingerprint density at radius 1 is 1.13 bits per heavy atom. The molecule has 1 saturated heterocycles. The lowest BCUT2D eigenvalue weighted by molar-refractivity contribution is 0.174.